The maximum absolute atomic E-state index is 4.90. The van der Waals surface area contributed by atoms with Gasteiger partial charge in [0.25, 0.3) is 0 Å². The summed E-state index contributed by atoms with van der Waals surface area (Å²) < 4.78 is 0. The van der Waals surface area contributed by atoms with Crippen LogP contribution in [0.15, 0.2) is 4.90 Å². The van der Waals surface area contributed by atoms with Crippen molar-refractivity contribution >= 4 is 7.07 Å². The summed E-state index contributed by atoms with van der Waals surface area (Å²) in [5.41, 5.74) is 0. The number of hydrogen-bond acceptors (Lipinski definition) is 1. The van der Waals surface area contributed by atoms with Crippen molar-refractivity contribution in [2.45, 2.75) is 6.92 Å². The van der Waals surface area contributed by atoms with Gasteiger partial charge in [0, 0.05) is 0 Å². The molecule has 21 heavy (non-hydrogen) atoms. The summed E-state index contributed by atoms with van der Waals surface area (Å²) in [5.74, 6) is 39.5. The zero-order valence-corrected chi connectivity index (χ0v) is 11.1. The van der Waals surface area contributed by atoms with Gasteiger partial charge in [0.2, 0.25) is 0 Å². The number of rotatable bonds is 0. The minimum absolute atomic E-state index is 1.31. The van der Waals surface area contributed by atoms with Crippen LogP contribution in [0.4, 0.5) is 0 Å². The monoisotopic (exact) mass is 257 g/mol. The third kappa shape index (κ3) is 15.9. The molecule has 2 heteroatoms. The molecule has 0 heterocycles. The van der Waals surface area contributed by atoms with E-state index in [1.807, 2.05) is 0 Å². The second-order valence-electron chi connectivity index (χ2n) is 2.53. The van der Waals surface area contributed by atoms with Crippen LogP contribution in [0.5, 0.6) is 0 Å². The Morgan fingerprint density at radius 1 is 0.667 bits per heavy atom. The quantitative estimate of drug-likeness (QED) is 0.442. The fourth-order valence-electron chi connectivity index (χ4n) is 0.573. The molecule has 0 saturated carbocycles. The van der Waals surface area contributed by atoms with Crippen molar-refractivity contribution in [1.29, 1.82) is 0 Å². The average molecular weight is 257 g/mol. The molecule has 1 nitrogen and oxygen atoms in total. The molecule has 0 unspecified atom stereocenters. The molecule has 88 valence electrons. The van der Waals surface area contributed by atoms with Crippen LogP contribution in [-0.4, -0.2) is 7.07 Å². The molecule has 0 amide bonds. The van der Waals surface area contributed by atoms with Crippen LogP contribution >= 0.6 is 0 Å². The van der Waals surface area contributed by atoms with E-state index in [2.05, 4.69) is 106 Å². The van der Waals surface area contributed by atoms with Gasteiger partial charge in [-0.2, -0.15) is 0 Å². The minimum atomic E-state index is 1.31. The van der Waals surface area contributed by atoms with Crippen molar-refractivity contribution in [3.05, 3.63) is 0 Å². The van der Waals surface area contributed by atoms with Gasteiger partial charge in [-0.05, 0) is 0 Å². The summed E-state index contributed by atoms with van der Waals surface area (Å²) in [5, 5.41) is 0. The first-order chi connectivity index (χ1) is 10.4. The molecule has 0 atom stereocenters. The van der Waals surface area contributed by atoms with Gasteiger partial charge in [-0.1, -0.05) is 0 Å². The van der Waals surface area contributed by atoms with Gasteiger partial charge in [0.1, 0.15) is 0 Å². The predicted molar refractivity (Wildman–Crippen MR) is 84.9 cm³/mol. The Morgan fingerprint density at radius 2 is 1.19 bits per heavy atom. The zero-order valence-electron chi connectivity index (χ0n) is 11.1. The second kappa shape index (κ2) is 15.9. The zero-order chi connectivity index (χ0) is 15.4. The Hall–Kier alpha value is -4.10. The molecular formula is C19H4BN. The number of terminal acetylenes is 1. The first-order valence-electron chi connectivity index (χ1n) is 5.31. The normalized spacial score (nSPS) is 4.57. The Bertz CT molecular complexity index is 942. The SMILES string of the molecule is C#CC#CC#CC#CC#CN=BC#CC#CC#CC#CC. The van der Waals surface area contributed by atoms with E-state index in [0.29, 0.717) is 0 Å². The summed E-state index contributed by atoms with van der Waals surface area (Å²) >= 11 is 0. The van der Waals surface area contributed by atoms with Crippen molar-refractivity contribution in [3.8, 4) is 107 Å². The van der Waals surface area contributed by atoms with E-state index in [1.54, 1.807) is 6.92 Å². The van der Waals surface area contributed by atoms with E-state index in [-0.39, 0.29) is 0 Å². The predicted octanol–water partition coefficient (Wildman–Crippen LogP) is 0.470. The molecule has 0 saturated heterocycles. The molecular weight excluding hydrogens is 253 g/mol. The molecule has 0 aliphatic rings. The van der Waals surface area contributed by atoms with Crippen molar-refractivity contribution in [2.24, 2.45) is 4.90 Å². The third-order valence-electron chi connectivity index (χ3n) is 1.21. The molecule has 0 aliphatic heterocycles. The van der Waals surface area contributed by atoms with E-state index >= 15 is 0 Å². The second-order valence-corrected chi connectivity index (χ2v) is 2.53. The Morgan fingerprint density at radius 3 is 1.81 bits per heavy atom. The van der Waals surface area contributed by atoms with Crippen molar-refractivity contribution < 1.29 is 0 Å². The van der Waals surface area contributed by atoms with Crippen LogP contribution in [0, 0.1) is 107 Å². The van der Waals surface area contributed by atoms with Gasteiger partial charge in [-0.3, -0.25) is 0 Å². The van der Waals surface area contributed by atoms with E-state index in [1.165, 1.54) is 7.07 Å². The summed E-state index contributed by atoms with van der Waals surface area (Å²) in [7, 11) is 1.31. The first-order valence-corrected chi connectivity index (χ1v) is 5.31. The van der Waals surface area contributed by atoms with Gasteiger partial charge >= 0.3 is 126 Å². The number of nitrogens with zero attached hydrogens (tertiary/aromatic N) is 1. The van der Waals surface area contributed by atoms with Crippen LogP contribution < -0.4 is 0 Å². The number of hydrogen-bond donors (Lipinski definition) is 0. The van der Waals surface area contributed by atoms with Gasteiger partial charge in [-0.25, -0.2) is 0 Å². The van der Waals surface area contributed by atoms with E-state index in [9.17, 15) is 0 Å². The molecule has 0 rings (SSSR count). The topological polar surface area (TPSA) is 12.4 Å². The van der Waals surface area contributed by atoms with Crippen LogP contribution in [0.25, 0.3) is 0 Å². The standard InChI is InChI=1S/C19H4BN/c1-3-5-7-9-11-13-15-17-19-21-20-18-16-14-12-10-8-6-4-2/h1H,2H3. The van der Waals surface area contributed by atoms with Gasteiger partial charge < -0.3 is 0 Å². The first kappa shape index (κ1) is 16.9. The van der Waals surface area contributed by atoms with Crippen LogP contribution in [0.3, 0.4) is 0 Å². The molecule has 0 aliphatic carbocycles. The summed E-state index contributed by atoms with van der Waals surface area (Å²) in [4.78, 5) is 3.67. The summed E-state index contributed by atoms with van der Waals surface area (Å²) in [6, 6.07) is 2.42. The van der Waals surface area contributed by atoms with Gasteiger partial charge in [0.15, 0.2) is 0 Å². The molecule has 0 spiro atoms. The maximum atomic E-state index is 4.90. The Kier molecular flexibility index (Phi) is 12.8. The molecule has 0 aromatic rings. The van der Waals surface area contributed by atoms with E-state index < -0.39 is 0 Å². The van der Waals surface area contributed by atoms with E-state index in [0.717, 1.165) is 0 Å². The average Bonchev–Trinajstić information content (AvgIpc) is 2.50. The molecule has 0 aromatic carbocycles. The third-order valence-corrected chi connectivity index (χ3v) is 1.21. The van der Waals surface area contributed by atoms with E-state index in [4.69, 9.17) is 6.42 Å². The molecule has 0 aromatic heterocycles. The molecule has 0 bridgehead atoms. The van der Waals surface area contributed by atoms with Crippen LogP contribution in [0.1, 0.15) is 6.92 Å². The van der Waals surface area contributed by atoms with Gasteiger partial charge in [-0.15, -0.1) is 0 Å². The van der Waals surface area contributed by atoms with Crippen molar-refractivity contribution in [2.75, 3.05) is 0 Å². The Balaban J connectivity index is 4.27. The Labute approximate surface area is 126 Å². The fourth-order valence-corrected chi connectivity index (χ4v) is 0.573. The summed E-state index contributed by atoms with van der Waals surface area (Å²) in [6.45, 7) is 1.70. The van der Waals surface area contributed by atoms with Gasteiger partial charge in [0.05, 0.1) is 0 Å². The van der Waals surface area contributed by atoms with Crippen molar-refractivity contribution in [3.63, 3.8) is 0 Å². The van der Waals surface area contributed by atoms with Crippen LogP contribution in [-0.2, 0) is 0 Å². The fraction of sp³-hybridized carbons (Fsp3) is 0.0526. The molecule has 0 N–H and O–H groups in total. The van der Waals surface area contributed by atoms with Crippen molar-refractivity contribution in [1.82, 2.24) is 0 Å². The molecule has 0 fully saturated rings. The summed E-state index contributed by atoms with van der Waals surface area (Å²) in [6.07, 6.45) is 4.90. The van der Waals surface area contributed by atoms with Crippen LogP contribution in [0.2, 0.25) is 0 Å². The molecule has 0 radical (unpaired) electrons.